The van der Waals surface area contributed by atoms with E-state index >= 15 is 0 Å². The molecule has 0 aliphatic heterocycles. The van der Waals surface area contributed by atoms with Crippen LogP contribution in [0.3, 0.4) is 0 Å². The largest absolute Gasteiger partial charge is 0.398 e. The van der Waals surface area contributed by atoms with Crippen molar-refractivity contribution in [1.82, 2.24) is 0 Å². The molecule has 0 aromatic heterocycles. The summed E-state index contributed by atoms with van der Waals surface area (Å²) in [7, 11) is 0. The maximum absolute atomic E-state index is 12.4. The van der Waals surface area contributed by atoms with Crippen LogP contribution < -0.4 is 10.6 Å². The number of halogens is 1. The molecule has 0 radical (unpaired) electrons. The summed E-state index contributed by atoms with van der Waals surface area (Å²) in [5, 5.41) is 0. The zero-order chi connectivity index (χ0) is 12.8. The first kappa shape index (κ1) is 13.9. The lowest BCUT2D eigenvalue weighted by molar-refractivity contribution is 0.558. The van der Waals surface area contributed by atoms with Gasteiger partial charge in [0.15, 0.2) is 0 Å². The molecule has 0 atom stereocenters. The van der Waals surface area contributed by atoms with Gasteiger partial charge in [0.2, 0.25) is 0 Å². The topological polar surface area (TPSA) is 29.3 Å². The lowest BCUT2D eigenvalue weighted by Gasteiger charge is -2.21. The average molecular weight is 254 g/mol. The van der Waals surface area contributed by atoms with E-state index < -0.39 is 6.67 Å². The first-order chi connectivity index (χ1) is 8.13. The van der Waals surface area contributed by atoms with Gasteiger partial charge in [-0.15, -0.1) is 12.6 Å². The maximum Gasteiger partial charge on any atom is 0.122 e. The third kappa shape index (κ3) is 3.40. The standard InChI is InChI=1S/C13H19FN2S/c1-3-16(4-2)11-7-5-10(6-8-11)13(15)12(17)9-14/h5-8,17H,3-4,9,15H2,1-2H3/b13-12-. The van der Waals surface area contributed by atoms with Gasteiger partial charge in [0, 0.05) is 23.7 Å². The minimum Gasteiger partial charge on any atom is -0.398 e. The number of anilines is 1. The van der Waals surface area contributed by atoms with Gasteiger partial charge in [0.05, 0.1) is 5.70 Å². The lowest BCUT2D eigenvalue weighted by Crippen LogP contribution is -2.21. The van der Waals surface area contributed by atoms with Gasteiger partial charge in [-0.2, -0.15) is 0 Å². The average Bonchev–Trinajstić information content (AvgIpc) is 2.39. The third-order valence-electron chi connectivity index (χ3n) is 2.74. The zero-order valence-electron chi connectivity index (χ0n) is 10.3. The highest BCUT2D eigenvalue weighted by atomic mass is 32.1. The van der Waals surface area contributed by atoms with E-state index in [1.54, 1.807) is 0 Å². The van der Waals surface area contributed by atoms with E-state index in [0.29, 0.717) is 5.70 Å². The van der Waals surface area contributed by atoms with Gasteiger partial charge in [0.25, 0.3) is 0 Å². The summed E-state index contributed by atoms with van der Waals surface area (Å²) in [6.45, 7) is 5.51. The summed E-state index contributed by atoms with van der Waals surface area (Å²) in [5.74, 6) is 0. The molecule has 0 saturated carbocycles. The zero-order valence-corrected chi connectivity index (χ0v) is 11.2. The third-order valence-corrected chi connectivity index (χ3v) is 3.10. The summed E-state index contributed by atoms with van der Waals surface area (Å²) in [6.07, 6.45) is 0. The summed E-state index contributed by atoms with van der Waals surface area (Å²) in [5.41, 5.74) is 8.15. The van der Waals surface area contributed by atoms with Gasteiger partial charge < -0.3 is 10.6 Å². The van der Waals surface area contributed by atoms with Crippen molar-refractivity contribution in [2.24, 2.45) is 5.73 Å². The van der Waals surface area contributed by atoms with E-state index in [9.17, 15) is 4.39 Å². The van der Waals surface area contributed by atoms with E-state index in [1.165, 1.54) is 0 Å². The normalized spacial score (nSPS) is 12.2. The van der Waals surface area contributed by atoms with E-state index in [0.717, 1.165) is 24.3 Å². The lowest BCUT2D eigenvalue weighted by atomic mass is 10.1. The van der Waals surface area contributed by atoms with Gasteiger partial charge in [-0.1, -0.05) is 12.1 Å². The van der Waals surface area contributed by atoms with Crippen molar-refractivity contribution >= 4 is 24.0 Å². The number of nitrogens with two attached hydrogens (primary N) is 1. The highest BCUT2D eigenvalue weighted by Crippen LogP contribution is 2.20. The molecule has 1 aromatic rings. The molecule has 2 N–H and O–H groups in total. The van der Waals surface area contributed by atoms with Crippen molar-refractivity contribution in [2.75, 3.05) is 24.7 Å². The smallest absolute Gasteiger partial charge is 0.122 e. The Kier molecular flexibility index (Phi) is 5.35. The molecular weight excluding hydrogens is 235 g/mol. The Balaban J connectivity index is 2.96. The Bertz CT molecular complexity index is 383. The molecule has 1 aromatic carbocycles. The molecule has 0 spiro atoms. The fourth-order valence-electron chi connectivity index (χ4n) is 1.68. The summed E-state index contributed by atoms with van der Waals surface area (Å²) in [6, 6.07) is 7.78. The fraction of sp³-hybridized carbons (Fsp3) is 0.385. The van der Waals surface area contributed by atoms with E-state index in [1.807, 2.05) is 24.3 Å². The van der Waals surface area contributed by atoms with Gasteiger partial charge in [-0.05, 0) is 31.5 Å². The molecule has 0 unspecified atom stereocenters. The molecule has 0 heterocycles. The SMILES string of the molecule is CCN(CC)c1ccc(/C(N)=C(/S)CF)cc1. The Morgan fingerprint density at radius 2 is 1.76 bits per heavy atom. The van der Waals surface area contributed by atoms with Crippen LogP contribution >= 0.6 is 12.6 Å². The molecule has 17 heavy (non-hydrogen) atoms. The van der Waals surface area contributed by atoms with Crippen LogP contribution in [0.2, 0.25) is 0 Å². The van der Waals surface area contributed by atoms with Crippen LogP contribution in [0.15, 0.2) is 29.2 Å². The molecule has 0 bridgehead atoms. The van der Waals surface area contributed by atoms with E-state index in [-0.39, 0.29) is 4.91 Å². The van der Waals surface area contributed by atoms with Crippen molar-refractivity contribution in [3.05, 3.63) is 34.7 Å². The summed E-state index contributed by atoms with van der Waals surface area (Å²) < 4.78 is 12.4. The van der Waals surface area contributed by atoms with Crippen molar-refractivity contribution in [3.8, 4) is 0 Å². The molecule has 0 saturated heterocycles. The minimum absolute atomic E-state index is 0.278. The van der Waals surface area contributed by atoms with Crippen molar-refractivity contribution in [2.45, 2.75) is 13.8 Å². The van der Waals surface area contributed by atoms with Crippen molar-refractivity contribution in [3.63, 3.8) is 0 Å². The van der Waals surface area contributed by atoms with Crippen LogP contribution in [0.1, 0.15) is 19.4 Å². The molecule has 0 fully saturated rings. The van der Waals surface area contributed by atoms with E-state index in [2.05, 4.69) is 31.4 Å². The van der Waals surface area contributed by atoms with Gasteiger partial charge in [-0.25, -0.2) is 4.39 Å². The number of thiol groups is 1. The second-order valence-corrected chi connectivity index (χ2v) is 4.25. The second-order valence-electron chi connectivity index (χ2n) is 3.71. The van der Waals surface area contributed by atoms with Crippen LogP contribution in [0.4, 0.5) is 10.1 Å². The number of benzene rings is 1. The Morgan fingerprint density at radius 3 is 2.18 bits per heavy atom. The number of nitrogens with zero attached hydrogens (tertiary/aromatic N) is 1. The monoisotopic (exact) mass is 254 g/mol. The molecule has 0 aliphatic carbocycles. The van der Waals surface area contributed by atoms with Crippen molar-refractivity contribution in [1.29, 1.82) is 0 Å². The molecule has 0 amide bonds. The number of rotatable bonds is 5. The molecule has 1 rings (SSSR count). The molecule has 0 aliphatic rings. The van der Waals surface area contributed by atoms with E-state index in [4.69, 9.17) is 5.73 Å². The first-order valence-corrected chi connectivity index (χ1v) is 6.17. The van der Waals surface area contributed by atoms with Gasteiger partial charge >= 0.3 is 0 Å². The van der Waals surface area contributed by atoms with Crippen LogP contribution in [0, 0.1) is 0 Å². The van der Waals surface area contributed by atoms with Crippen LogP contribution in [-0.4, -0.2) is 19.8 Å². The number of hydrogen-bond donors (Lipinski definition) is 2. The van der Waals surface area contributed by atoms with Crippen LogP contribution in [-0.2, 0) is 0 Å². The van der Waals surface area contributed by atoms with Gasteiger partial charge in [-0.3, -0.25) is 0 Å². The second kappa shape index (κ2) is 6.55. The van der Waals surface area contributed by atoms with Crippen LogP contribution in [0.25, 0.3) is 5.70 Å². The highest BCUT2D eigenvalue weighted by molar-refractivity contribution is 7.84. The van der Waals surface area contributed by atoms with Crippen LogP contribution in [0.5, 0.6) is 0 Å². The first-order valence-electron chi connectivity index (χ1n) is 5.72. The molecular formula is C13H19FN2S. The van der Waals surface area contributed by atoms with Crippen molar-refractivity contribution < 1.29 is 4.39 Å². The van der Waals surface area contributed by atoms with Gasteiger partial charge in [0.1, 0.15) is 6.67 Å². The quantitative estimate of drug-likeness (QED) is 0.791. The Hall–Kier alpha value is -1.16. The predicted molar refractivity (Wildman–Crippen MR) is 76.1 cm³/mol. The summed E-state index contributed by atoms with van der Waals surface area (Å²) in [4.78, 5) is 2.51. The molecule has 94 valence electrons. The Morgan fingerprint density at radius 1 is 1.24 bits per heavy atom. The summed E-state index contributed by atoms with van der Waals surface area (Å²) >= 11 is 4.01. The predicted octanol–water partition coefficient (Wildman–Crippen LogP) is 3.06. The Labute approximate surface area is 108 Å². The number of hydrogen-bond acceptors (Lipinski definition) is 3. The minimum atomic E-state index is -0.632. The number of alkyl halides is 1. The molecule has 2 nitrogen and oxygen atoms in total. The fourth-order valence-corrected chi connectivity index (χ4v) is 1.81. The highest BCUT2D eigenvalue weighted by Gasteiger charge is 2.05. The molecule has 4 heteroatoms. The maximum atomic E-state index is 12.4. The number of allylic oxidation sites excluding steroid dienone is 1.